The number of rotatable bonds is 5. The Morgan fingerprint density at radius 1 is 1.59 bits per heavy atom. The van der Waals surface area contributed by atoms with Crippen molar-refractivity contribution in [3.05, 3.63) is 22.8 Å². The van der Waals surface area contributed by atoms with Gasteiger partial charge in [0.15, 0.2) is 0 Å². The van der Waals surface area contributed by atoms with Crippen LogP contribution in [0.1, 0.15) is 30.6 Å². The highest BCUT2D eigenvalue weighted by molar-refractivity contribution is 6.33. The minimum Gasteiger partial charge on any atom is -0.373 e. The summed E-state index contributed by atoms with van der Waals surface area (Å²) in [5.74, 6) is 0.931. The molecular formula is C12H18ClN3O. The number of hydrogen-bond donors (Lipinski definition) is 2. The normalized spacial score (nSPS) is 12.0. The predicted molar refractivity (Wildman–Crippen MR) is 70.6 cm³/mol. The van der Waals surface area contributed by atoms with Gasteiger partial charge in [0.25, 0.3) is 5.91 Å². The molecule has 2 N–H and O–H groups in total. The fraction of sp³-hybridized carbons (Fsp3) is 0.500. The van der Waals surface area contributed by atoms with Crippen molar-refractivity contribution in [2.24, 2.45) is 5.92 Å². The molecule has 17 heavy (non-hydrogen) atoms. The number of nitrogens with zero attached hydrogens (tertiary/aromatic N) is 1. The smallest absolute Gasteiger partial charge is 0.252 e. The van der Waals surface area contributed by atoms with Crippen LogP contribution >= 0.6 is 11.6 Å². The first-order chi connectivity index (χ1) is 8.08. The van der Waals surface area contributed by atoms with Crippen LogP contribution in [0.4, 0.5) is 5.82 Å². The summed E-state index contributed by atoms with van der Waals surface area (Å²) >= 11 is 5.95. The number of carbonyl (C=O) groups is 1. The number of amides is 1. The second-order valence-corrected chi connectivity index (χ2v) is 4.43. The maximum atomic E-state index is 11.9. The number of halogens is 1. The highest BCUT2D eigenvalue weighted by Crippen LogP contribution is 2.17. The number of carbonyl (C=O) groups excluding carboxylic acids is 1. The lowest BCUT2D eigenvalue weighted by Gasteiger charge is -2.11. The lowest BCUT2D eigenvalue weighted by Crippen LogP contribution is -2.28. The molecule has 1 aromatic heterocycles. The molecule has 1 aromatic rings. The Kier molecular flexibility index (Phi) is 5.22. The summed E-state index contributed by atoms with van der Waals surface area (Å²) in [4.78, 5) is 15.9. The highest BCUT2D eigenvalue weighted by atomic mass is 35.5. The quantitative estimate of drug-likeness (QED) is 0.850. The summed E-state index contributed by atoms with van der Waals surface area (Å²) in [6.45, 7) is 4.84. The first-order valence-electron chi connectivity index (χ1n) is 5.70. The Labute approximate surface area is 107 Å². The van der Waals surface area contributed by atoms with Gasteiger partial charge in [-0.05, 0) is 12.0 Å². The minimum atomic E-state index is -0.158. The Morgan fingerprint density at radius 2 is 2.29 bits per heavy atom. The number of aromatic nitrogens is 1. The number of pyridine rings is 1. The zero-order valence-electron chi connectivity index (χ0n) is 10.4. The Hall–Kier alpha value is -1.29. The van der Waals surface area contributed by atoms with Crippen LogP contribution in [0.2, 0.25) is 5.02 Å². The van der Waals surface area contributed by atoms with Gasteiger partial charge in [-0.15, -0.1) is 0 Å². The maximum Gasteiger partial charge on any atom is 0.252 e. The van der Waals surface area contributed by atoms with E-state index in [0.29, 0.717) is 28.9 Å². The van der Waals surface area contributed by atoms with Gasteiger partial charge in [-0.3, -0.25) is 4.79 Å². The topological polar surface area (TPSA) is 54.0 Å². The summed E-state index contributed by atoms with van der Waals surface area (Å²) in [7, 11) is 1.75. The Morgan fingerprint density at radius 3 is 2.88 bits per heavy atom. The van der Waals surface area contributed by atoms with E-state index < -0.39 is 0 Å². The monoisotopic (exact) mass is 255 g/mol. The van der Waals surface area contributed by atoms with Gasteiger partial charge in [0.05, 0.1) is 10.6 Å². The van der Waals surface area contributed by atoms with E-state index in [4.69, 9.17) is 11.6 Å². The van der Waals surface area contributed by atoms with Crippen LogP contribution in [-0.4, -0.2) is 24.5 Å². The van der Waals surface area contributed by atoms with Gasteiger partial charge in [0.1, 0.15) is 5.82 Å². The SMILES string of the molecule is CCC(C)CNC(=O)c1cc(NC)ncc1Cl. The first kappa shape index (κ1) is 13.8. The van der Waals surface area contributed by atoms with Crippen LogP contribution in [-0.2, 0) is 0 Å². The van der Waals surface area contributed by atoms with E-state index >= 15 is 0 Å². The lowest BCUT2D eigenvalue weighted by molar-refractivity contribution is 0.0948. The van der Waals surface area contributed by atoms with E-state index in [1.54, 1.807) is 13.1 Å². The standard InChI is InChI=1S/C12H18ClN3O/c1-4-8(2)6-16-12(17)9-5-11(14-3)15-7-10(9)13/h5,7-8H,4,6H2,1-3H3,(H,14,15)(H,16,17). The molecule has 0 aliphatic heterocycles. The molecule has 94 valence electrons. The van der Waals surface area contributed by atoms with Crippen LogP contribution in [0.5, 0.6) is 0 Å². The van der Waals surface area contributed by atoms with E-state index in [2.05, 4.69) is 29.5 Å². The summed E-state index contributed by atoms with van der Waals surface area (Å²) in [6.07, 6.45) is 2.51. The zero-order chi connectivity index (χ0) is 12.8. The molecule has 0 saturated heterocycles. The summed E-state index contributed by atoms with van der Waals surface area (Å²) in [5, 5.41) is 6.10. The third kappa shape index (κ3) is 3.89. The molecule has 0 fully saturated rings. The molecule has 1 heterocycles. The van der Waals surface area contributed by atoms with E-state index in [1.807, 2.05) is 0 Å². The van der Waals surface area contributed by atoms with Crippen LogP contribution in [0.25, 0.3) is 0 Å². The van der Waals surface area contributed by atoms with Crippen molar-refractivity contribution in [3.8, 4) is 0 Å². The fourth-order valence-electron chi connectivity index (χ4n) is 1.26. The van der Waals surface area contributed by atoms with Crippen LogP contribution in [0.3, 0.4) is 0 Å². The first-order valence-corrected chi connectivity index (χ1v) is 6.07. The van der Waals surface area contributed by atoms with Crippen molar-refractivity contribution >= 4 is 23.3 Å². The van der Waals surface area contributed by atoms with Crippen LogP contribution in [0.15, 0.2) is 12.3 Å². The van der Waals surface area contributed by atoms with Crippen LogP contribution in [0, 0.1) is 5.92 Å². The van der Waals surface area contributed by atoms with Crippen molar-refractivity contribution in [1.82, 2.24) is 10.3 Å². The molecule has 0 saturated carbocycles. The van der Waals surface area contributed by atoms with E-state index in [9.17, 15) is 4.79 Å². The molecule has 0 aromatic carbocycles. The second-order valence-electron chi connectivity index (χ2n) is 4.02. The second kappa shape index (κ2) is 6.45. The average Bonchev–Trinajstić information content (AvgIpc) is 2.36. The summed E-state index contributed by atoms with van der Waals surface area (Å²) < 4.78 is 0. The maximum absolute atomic E-state index is 11.9. The minimum absolute atomic E-state index is 0.158. The molecular weight excluding hydrogens is 238 g/mol. The molecule has 1 rings (SSSR count). The fourth-order valence-corrected chi connectivity index (χ4v) is 1.45. The van der Waals surface area contributed by atoms with Crippen molar-refractivity contribution in [3.63, 3.8) is 0 Å². The van der Waals surface area contributed by atoms with Gasteiger partial charge in [0.2, 0.25) is 0 Å². The molecule has 0 radical (unpaired) electrons. The zero-order valence-corrected chi connectivity index (χ0v) is 11.1. The van der Waals surface area contributed by atoms with Gasteiger partial charge < -0.3 is 10.6 Å². The van der Waals surface area contributed by atoms with Gasteiger partial charge in [-0.25, -0.2) is 4.98 Å². The van der Waals surface area contributed by atoms with E-state index in [1.165, 1.54) is 6.20 Å². The molecule has 5 heteroatoms. The summed E-state index contributed by atoms with van der Waals surface area (Å²) in [6, 6.07) is 1.65. The van der Waals surface area contributed by atoms with Crippen molar-refractivity contribution in [1.29, 1.82) is 0 Å². The predicted octanol–water partition coefficient (Wildman–Crippen LogP) is 2.55. The van der Waals surface area contributed by atoms with Gasteiger partial charge in [0, 0.05) is 19.8 Å². The van der Waals surface area contributed by atoms with Crippen molar-refractivity contribution in [2.45, 2.75) is 20.3 Å². The third-order valence-corrected chi connectivity index (χ3v) is 2.97. The average molecular weight is 256 g/mol. The van der Waals surface area contributed by atoms with Crippen molar-refractivity contribution < 1.29 is 4.79 Å². The van der Waals surface area contributed by atoms with Gasteiger partial charge in [-0.2, -0.15) is 0 Å². The third-order valence-electron chi connectivity index (χ3n) is 2.66. The van der Waals surface area contributed by atoms with Crippen LogP contribution < -0.4 is 10.6 Å². The van der Waals surface area contributed by atoms with Crippen molar-refractivity contribution in [2.75, 3.05) is 18.9 Å². The lowest BCUT2D eigenvalue weighted by atomic mass is 10.1. The Balaban J connectivity index is 2.74. The largest absolute Gasteiger partial charge is 0.373 e. The molecule has 1 unspecified atom stereocenters. The molecule has 0 aliphatic carbocycles. The molecule has 1 atom stereocenters. The molecule has 0 spiro atoms. The molecule has 0 aliphatic rings. The molecule has 4 nitrogen and oxygen atoms in total. The van der Waals surface area contributed by atoms with E-state index in [-0.39, 0.29) is 5.91 Å². The number of hydrogen-bond acceptors (Lipinski definition) is 3. The number of nitrogens with one attached hydrogen (secondary N) is 2. The highest BCUT2D eigenvalue weighted by Gasteiger charge is 2.12. The molecule has 0 bridgehead atoms. The molecule has 1 amide bonds. The Bertz CT molecular complexity index is 395. The van der Waals surface area contributed by atoms with E-state index in [0.717, 1.165) is 6.42 Å². The van der Waals surface area contributed by atoms with Gasteiger partial charge >= 0.3 is 0 Å². The summed E-state index contributed by atoms with van der Waals surface area (Å²) in [5.41, 5.74) is 0.453. The number of anilines is 1. The van der Waals surface area contributed by atoms with Gasteiger partial charge in [-0.1, -0.05) is 31.9 Å².